The highest BCUT2D eigenvalue weighted by molar-refractivity contribution is 6.35. The lowest BCUT2D eigenvalue weighted by atomic mass is 10.0. The van der Waals surface area contributed by atoms with Gasteiger partial charge in [0.05, 0.1) is 17.4 Å². The second-order valence-electron chi connectivity index (χ2n) is 4.86. The Hall–Kier alpha value is -1.25. The van der Waals surface area contributed by atoms with Crippen LogP contribution in [0.3, 0.4) is 0 Å². The van der Waals surface area contributed by atoms with Gasteiger partial charge in [-0.05, 0) is 50.1 Å². The van der Waals surface area contributed by atoms with Crippen molar-refractivity contribution in [2.45, 2.75) is 33.2 Å². The number of benzene rings is 1. The summed E-state index contributed by atoms with van der Waals surface area (Å²) in [4.78, 5) is 4.47. The molecule has 2 aromatic rings. The van der Waals surface area contributed by atoms with Gasteiger partial charge in [0, 0.05) is 15.7 Å². The maximum absolute atomic E-state index is 6.29. The van der Waals surface area contributed by atoms with Crippen LogP contribution in [0.15, 0.2) is 30.3 Å². The smallest absolute Gasteiger partial charge is 0.0607 e. The predicted octanol–water partition coefficient (Wildman–Crippen LogP) is 5.57. The molecule has 20 heavy (non-hydrogen) atoms. The van der Waals surface area contributed by atoms with E-state index < -0.39 is 0 Å². The number of nitrogens with one attached hydrogen (secondary N) is 1. The SMILES string of the molecule is CCC(Nc1ccc(C)nc1C)c1ccc(Cl)cc1Cl. The second kappa shape index (κ2) is 6.47. The zero-order valence-electron chi connectivity index (χ0n) is 11.9. The molecule has 0 aliphatic heterocycles. The van der Waals surface area contributed by atoms with Gasteiger partial charge in [-0.25, -0.2) is 0 Å². The normalized spacial score (nSPS) is 12.2. The van der Waals surface area contributed by atoms with Crippen LogP contribution in [0, 0.1) is 13.8 Å². The van der Waals surface area contributed by atoms with E-state index in [1.54, 1.807) is 6.07 Å². The van der Waals surface area contributed by atoms with E-state index in [4.69, 9.17) is 23.2 Å². The minimum absolute atomic E-state index is 0.142. The molecule has 0 aliphatic carbocycles. The van der Waals surface area contributed by atoms with E-state index in [9.17, 15) is 0 Å². The monoisotopic (exact) mass is 308 g/mol. The first-order valence-electron chi connectivity index (χ1n) is 6.67. The zero-order valence-corrected chi connectivity index (χ0v) is 13.4. The highest BCUT2D eigenvalue weighted by Crippen LogP contribution is 2.31. The molecule has 4 heteroatoms. The Morgan fingerprint density at radius 3 is 2.50 bits per heavy atom. The lowest BCUT2D eigenvalue weighted by molar-refractivity contribution is 0.747. The Morgan fingerprint density at radius 2 is 1.90 bits per heavy atom. The van der Waals surface area contributed by atoms with Crippen LogP contribution in [-0.2, 0) is 0 Å². The lowest BCUT2D eigenvalue weighted by Crippen LogP contribution is -2.11. The van der Waals surface area contributed by atoms with Gasteiger partial charge in [-0.3, -0.25) is 4.98 Å². The van der Waals surface area contributed by atoms with Crippen molar-refractivity contribution in [3.8, 4) is 0 Å². The molecule has 1 atom stereocenters. The van der Waals surface area contributed by atoms with Crippen LogP contribution in [0.4, 0.5) is 5.69 Å². The van der Waals surface area contributed by atoms with E-state index in [1.165, 1.54) is 0 Å². The van der Waals surface area contributed by atoms with E-state index in [1.807, 2.05) is 32.0 Å². The number of halogens is 2. The van der Waals surface area contributed by atoms with Crippen LogP contribution in [0.5, 0.6) is 0 Å². The third-order valence-corrected chi connectivity index (χ3v) is 3.86. The maximum atomic E-state index is 6.29. The first kappa shape index (κ1) is 15.1. The van der Waals surface area contributed by atoms with Crippen molar-refractivity contribution < 1.29 is 0 Å². The van der Waals surface area contributed by atoms with Crippen molar-refractivity contribution in [3.05, 3.63) is 57.3 Å². The maximum Gasteiger partial charge on any atom is 0.0607 e. The topological polar surface area (TPSA) is 24.9 Å². The molecule has 0 saturated heterocycles. The van der Waals surface area contributed by atoms with Crippen LogP contribution in [0.1, 0.15) is 36.3 Å². The molecule has 0 aliphatic rings. The Kier molecular flexibility index (Phi) is 4.90. The molecule has 0 fully saturated rings. The third-order valence-electron chi connectivity index (χ3n) is 3.30. The summed E-state index contributed by atoms with van der Waals surface area (Å²) >= 11 is 12.2. The molecule has 2 nitrogen and oxygen atoms in total. The summed E-state index contributed by atoms with van der Waals surface area (Å²) in [5.74, 6) is 0. The summed E-state index contributed by atoms with van der Waals surface area (Å²) in [7, 11) is 0. The van der Waals surface area contributed by atoms with E-state index >= 15 is 0 Å². The lowest BCUT2D eigenvalue weighted by Gasteiger charge is -2.21. The van der Waals surface area contributed by atoms with Crippen LogP contribution >= 0.6 is 23.2 Å². The molecular weight excluding hydrogens is 291 g/mol. The number of pyridine rings is 1. The quantitative estimate of drug-likeness (QED) is 0.798. The molecule has 2 rings (SSSR count). The molecule has 106 valence electrons. The van der Waals surface area contributed by atoms with Crippen LogP contribution in [0.25, 0.3) is 0 Å². The minimum Gasteiger partial charge on any atom is -0.377 e. The summed E-state index contributed by atoms with van der Waals surface area (Å²) in [6.07, 6.45) is 0.925. The van der Waals surface area contributed by atoms with Gasteiger partial charge < -0.3 is 5.32 Å². The molecule has 1 N–H and O–H groups in total. The van der Waals surface area contributed by atoms with Gasteiger partial charge in [0.2, 0.25) is 0 Å². The van der Waals surface area contributed by atoms with Crippen molar-refractivity contribution >= 4 is 28.9 Å². The number of aryl methyl sites for hydroxylation is 2. The second-order valence-corrected chi connectivity index (χ2v) is 5.70. The molecule has 1 aromatic heterocycles. The van der Waals surface area contributed by atoms with Crippen molar-refractivity contribution in [3.63, 3.8) is 0 Å². The van der Waals surface area contributed by atoms with Crippen molar-refractivity contribution in [2.75, 3.05) is 5.32 Å². The molecule has 1 heterocycles. The van der Waals surface area contributed by atoms with Crippen LogP contribution < -0.4 is 5.32 Å². The Labute approximate surface area is 130 Å². The van der Waals surface area contributed by atoms with Gasteiger partial charge in [-0.1, -0.05) is 36.2 Å². The van der Waals surface area contributed by atoms with Crippen LogP contribution in [0.2, 0.25) is 10.0 Å². The number of hydrogen-bond donors (Lipinski definition) is 1. The summed E-state index contributed by atoms with van der Waals surface area (Å²) in [6.45, 7) is 6.12. The van der Waals surface area contributed by atoms with Gasteiger partial charge in [0.1, 0.15) is 0 Å². The van der Waals surface area contributed by atoms with Gasteiger partial charge in [-0.15, -0.1) is 0 Å². The Bertz CT molecular complexity index is 611. The number of hydrogen-bond acceptors (Lipinski definition) is 2. The number of rotatable bonds is 4. The summed E-state index contributed by atoms with van der Waals surface area (Å²) in [5, 5.41) is 4.85. The standard InChI is InChI=1S/C16H18Cl2N2/c1-4-15(13-7-6-12(17)9-14(13)18)20-16-8-5-10(2)19-11(16)3/h5-9,15,20H,4H2,1-3H3. The largest absolute Gasteiger partial charge is 0.377 e. The van der Waals surface area contributed by atoms with Gasteiger partial charge >= 0.3 is 0 Å². The number of nitrogens with zero attached hydrogens (tertiary/aromatic N) is 1. The first-order chi connectivity index (χ1) is 9.51. The molecule has 1 unspecified atom stereocenters. The fourth-order valence-electron chi connectivity index (χ4n) is 2.21. The third kappa shape index (κ3) is 3.44. The highest BCUT2D eigenvalue weighted by Gasteiger charge is 2.14. The van der Waals surface area contributed by atoms with E-state index in [-0.39, 0.29) is 6.04 Å². The fraction of sp³-hybridized carbons (Fsp3) is 0.312. The number of aromatic nitrogens is 1. The average molecular weight is 309 g/mol. The Morgan fingerprint density at radius 1 is 1.15 bits per heavy atom. The Balaban J connectivity index is 2.28. The first-order valence-corrected chi connectivity index (χ1v) is 7.42. The van der Waals surface area contributed by atoms with E-state index in [2.05, 4.69) is 23.3 Å². The van der Waals surface area contributed by atoms with Crippen molar-refractivity contribution in [1.29, 1.82) is 0 Å². The van der Waals surface area contributed by atoms with Gasteiger partial charge in [0.25, 0.3) is 0 Å². The van der Waals surface area contributed by atoms with Gasteiger partial charge in [0.15, 0.2) is 0 Å². The van der Waals surface area contributed by atoms with E-state index in [0.29, 0.717) is 10.0 Å². The average Bonchev–Trinajstić information content (AvgIpc) is 2.39. The summed E-state index contributed by atoms with van der Waals surface area (Å²) in [6, 6.07) is 9.83. The molecule has 0 spiro atoms. The fourth-order valence-corrected chi connectivity index (χ4v) is 2.75. The van der Waals surface area contributed by atoms with Crippen molar-refractivity contribution in [2.24, 2.45) is 0 Å². The van der Waals surface area contributed by atoms with Crippen LogP contribution in [-0.4, -0.2) is 4.98 Å². The summed E-state index contributed by atoms with van der Waals surface area (Å²) in [5.41, 5.74) is 4.10. The minimum atomic E-state index is 0.142. The molecule has 0 saturated carbocycles. The van der Waals surface area contributed by atoms with Crippen molar-refractivity contribution in [1.82, 2.24) is 4.98 Å². The number of anilines is 1. The molecule has 0 radical (unpaired) electrons. The molecular formula is C16H18Cl2N2. The van der Waals surface area contributed by atoms with Gasteiger partial charge in [-0.2, -0.15) is 0 Å². The van der Waals surface area contributed by atoms with E-state index in [0.717, 1.165) is 29.1 Å². The highest BCUT2D eigenvalue weighted by atomic mass is 35.5. The molecule has 0 bridgehead atoms. The summed E-state index contributed by atoms with van der Waals surface area (Å²) < 4.78 is 0. The predicted molar refractivity (Wildman–Crippen MR) is 86.8 cm³/mol. The molecule has 0 amide bonds. The molecule has 1 aromatic carbocycles. The zero-order chi connectivity index (χ0) is 14.7.